The molecule has 1 unspecified atom stereocenters. The smallest absolute Gasteiger partial charge is 0.243 e. The number of ether oxygens (including phenoxy) is 1. The first-order valence-electron chi connectivity index (χ1n) is 6.03. The number of nitrogens with zero attached hydrogens (tertiary/aromatic N) is 1. The Hall–Kier alpha value is -0.730. The van der Waals surface area contributed by atoms with Gasteiger partial charge in [-0.15, -0.1) is 12.4 Å². The van der Waals surface area contributed by atoms with Crippen molar-refractivity contribution >= 4 is 22.4 Å². The first kappa shape index (κ1) is 17.3. The molecule has 2 N–H and O–H groups in total. The zero-order valence-corrected chi connectivity index (χ0v) is 12.7. The van der Waals surface area contributed by atoms with Crippen molar-refractivity contribution in [2.24, 2.45) is 5.73 Å². The van der Waals surface area contributed by atoms with Crippen molar-refractivity contribution in [3.05, 3.63) is 29.6 Å². The number of aryl methyl sites for hydroxylation is 1. The Bertz CT molecular complexity index is 568. The molecule has 20 heavy (non-hydrogen) atoms. The number of nitrogens with two attached hydrogens (primary N) is 1. The van der Waals surface area contributed by atoms with Crippen LogP contribution in [0.4, 0.5) is 4.39 Å². The molecule has 114 valence electrons. The van der Waals surface area contributed by atoms with Gasteiger partial charge in [0.05, 0.1) is 17.6 Å². The average Bonchev–Trinajstić information content (AvgIpc) is 2.41. The largest absolute Gasteiger partial charge is 0.374 e. The Balaban J connectivity index is 0.00000200. The molecule has 8 heteroatoms. The third kappa shape index (κ3) is 3.48. The zero-order valence-electron chi connectivity index (χ0n) is 11.1. The molecule has 0 aromatic heterocycles. The van der Waals surface area contributed by atoms with Crippen LogP contribution in [0.1, 0.15) is 5.56 Å². The Morgan fingerprint density at radius 1 is 1.50 bits per heavy atom. The van der Waals surface area contributed by atoms with Crippen LogP contribution in [0.3, 0.4) is 0 Å². The van der Waals surface area contributed by atoms with Gasteiger partial charge in [-0.3, -0.25) is 0 Å². The number of morpholine rings is 1. The molecule has 1 aliphatic heterocycles. The second-order valence-electron chi connectivity index (χ2n) is 4.50. The minimum Gasteiger partial charge on any atom is -0.374 e. The Kier molecular flexibility index (Phi) is 5.91. The lowest BCUT2D eigenvalue weighted by Gasteiger charge is -2.31. The maximum absolute atomic E-state index is 13.5. The number of benzene rings is 1. The molecule has 0 saturated carbocycles. The number of hydrogen-bond donors (Lipinski definition) is 1. The highest BCUT2D eigenvalue weighted by molar-refractivity contribution is 7.89. The fraction of sp³-hybridized carbons (Fsp3) is 0.500. The molecule has 0 bridgehead atoms. The monoisotopic (exact) mass is 324 g/mol. The van der Waals surface area contributed by atoms with Gasteiger partial charge in [0.15, 0.2) is 0 Å². The highest BCUT2D eigenvalue weighted by Crippen LogP contribution is 2.20. The summed E-state index contributed by atoms with van der Waals surface area (Å²) >= 11 is 0. The molecule has 1 heterocycles. The van der Waals surface area contributed by atoms with Crippen LogP contribution >= 0.6 is 12.4 Å². The summed E-state index contributed by atoms with van der Waals surface area (Å²) in [4.78, 5) is -0.0340. The van der Waals surface area contributed by atoms with Gasteiger partial charge in [0.1, 0.15) is 5.82 Å². The van der Waals surface area contributed by atoms with Crippen LogP contribution in [0, 0.1) is 12.7 Å². The Morgan fingerprint density at radius 3 is 2.80 bits per heavy atom. The van der Waals surface area contributed by atoms with Crippen molar-refractivity contribution in [1.82, 2.24) is 4.31 Å². The van der Waals surface area contributed by atoms with Gasteiger partial charge < -0.3 is 10.5 Å². The molecule has 0 spiro atoms. The maximum Gasteiger partial charge on any atom is 0.243 e. The van der Waals surface area contributed by atoms with E-state index in [0.29, 0.717) is 12.2 Å². The summed E-state index contributed by atoms with van der Waals surface area (Å²) in [7, 11) is -3.69. The molecular weight excluding hydrogens is 307 g/mol. The molecule has 2 rings (SSSR count). The van der Waals surface area contributed by atoms with Gasteiger partial charge in [0.25, 0.3) is 0 Å². The lowest BCUT2D eigenvalue weighted by atomic mass is 10.2. The third-order valence-electron chi connectivity index (χ3n) is 3.15. The molecule has 0 amide bonds. The summed E-state index contributed by atoms with van der Waals surface area (Å²) in [6.45, 7) is 2.61. The van der Waals surface area contributed by atoms with E-state index in [0.717, 1.165) is 6.07 Å². The van der Waals surface area contributed by atoms with E-state index >= 15 is 0 Å². The SMILES string of the molecule is Cc1ccc(S(=O)(=O)N2CCOC(CN)C2)cc1F.Cl. The summed E-state index contributed by atoms with van der Waals surface area (Å²) in [6, 6.07) is 3.93. The molecule has 1 aromatic rings. The van der Waals surface area contributed by atoms with Crippen LogP contribution in [-0.4, -0.2) is 45.1 Å². The van der Waals surface area contributed by atoms with Gasteiger partial charge in [-0.1, -0.05) is 6.07 Å². The van der Waals surface area contributed by atoms with Crippen molar-refractivity contribution in [1.29, 1.82) is 0 Å². The molecule has 1 saturated heterocycles. The molecule has 1 aromatic carbocycles. The standard InChI is InChI=1S/C12H17FN2O3S.ClH/c1-9-2-3-11(6-12(9)13)19(16,17)15-4-5-18-10(7-14)8-15;/h2-3,6,10H,4-5,7-8,14H2,1H3;1H. The van der Waals surface area contributed by atoms with Gasteiger partial charge in [-0.2, -0.15) is 4.31 Å². The van der Waals surface area contributed by atoms with Crippen molar-refractivity contribution in [2.45, 2.75) is 17.9 Å². The van der Waals surface area contributed by atoms with E-state index in [-0.39, 0.29) is 43.0 Å². The number of halogens is 2. The van der Waals surface area contributed by atoms with E-state index in [1.807, 2.05) is 0 Å². The third-order valence-corrected chi connectivity index (χ3v) is 5.01. The van der Waals surface area contributed by atoms with E-state index in [9.17, 15) is 12.8 Å². The summed E-state index contributed by atoms with van der Waals surface area (Å²) in [5, 5.41) is 0. The van der Waals surface area contributed by atoms with E-state index in [4.69, 9.17) is 10.5 Å². The maximum atomic E-state index is 13.5. The number of sulfonamides is 1. The second-order valence-corrected chi connectivity index (χ2v) is 6.44. The van der Waals surface area contributed by atoms with Crippen LogP contribution in [0.2, 0.25) is 0 Å². The predicted molar refractivity (Wildman–Crippen MR) is 75.9 cm³/mol. The number of hydrogen-bond acceptors (Lipinski definition) is 4. The summed E-state index contributed by atoms with van der Waals surface area (Å²) < 4.78 is 44.9. The minimum atomic E-state index is -3.69. The van der Waals surface area contributed by atoms with Crippen LogP contribution < -0.4 is 5.73 Å². The summed E-state index contributed by atoms with van der Waals surface area (Å²) in [6.07, 6.45) is -0.307. The van der Waals surface area contributed by atoms with E-state index in [2.05, 4.69) is 0 Å². The zero-order chi connectivity index (χ0) is 14.0. The fourth-order valence-electron chi connectivity index (χ4n) is 1.94. The van der Waals surface area contributed by atoms with Crippen molar-refractivity contribution in [2.75, 3.05) is 26.2 Å². The fourth-order valence-corrected chi connectivity index (χ4v) is 3.40. The molecule has 0 radical (unpaired) electrons. The van der Waals surface area contributed by atoms with Crippen molar-refractivity contribution in [3.63, 3.8) is 0 Å². The van der Waals surface area contributed by atoms with E-state index < -0.39 is 15.8 Å². The van der Waals surface area contributed by atoms with Gasteiger partial charge in [0, 0.05) is 19.6 Å². The lowest BCUT2D eigenvalue weighted by molar-refractivity contribution is 0.00450. The van der Waals surface area contributed by atoms with Gasteiger partial charge in [-0.05, 0) is 24.6 Å². The molecule has 0 aliphatic carbocycles. The Labute approximate surface area is 124 Å². The van der Waals surface area contributed by atoms with Crippen LogP contribution in [0.15, 0.2) is 23.1 Å². The highest BCUT2D eigenvalue weighted by atomic mass is 35.5. The number of rotatable bonds is 3. The average molecular weight is 325 g/mol. The first-order valence-corrected chi connectivity index (χ1v) is 7.47. The quantitative estimate of drug-likeness (QED) is 0.897. The lowest BCUT2D eigenvalue weighted by Crippen LogP contribution is -2.48. The molecular formula is C12H18ClFN2O3S. The van der Waals surface area contributed by atoms with Crippen molar-refractivity contribution in [3.8, 4) is 0 Å². The highest BCUT2D eigenvalue weighted by Gasteiger charge is 2.30. The van der Waals surface area contributed by atoms with Crippen molar-refractivity contribution < 1.29 is 17.5 Å². The van der Waals surface area contributed by atoms with Crippen LogP contribution in [-0.2, 0) is 14.8 Å². The molecule has 5 nitrogen and oxygen atoms in total. The molecule has 1 aliphatic rings. The summed E-state index contributed by atoms with van der Waals surface area (Å²) in [5.74, 6) is -0.523. The van der Waals surface area contributed by atoms with Gasteiger partial charge >= 0.3 is 0 Å². The van der Waals surface area contributed by atoms with E-state index in [1.54, 1.807) is 6.92 Å². The molecule has 1 fully saturated rings. The molecule has 1 atom stereocenters. The predicted octanol–water partition coefficient (Wildman–Crippen LogP) is 0.904. The first-order chi connectivity index (χ1) is 8.95. The van der Waals surface area contributed by atoms with Crippen LogP contribution in [0.5, 0.6) is 0 Å². The van der Waals surface area contributed by atoms with Gasteiger partial charge in [-0.25, -0.2) is 12.8 Å². The Morgan fingerprint density at radius 2 is 2.20 bits per heavy atom. The second kappa shape index (κ2) is 6.82. The normalized spacial score (nSPS) is 20.4. The summed E-state index contributed by atoms with van der Waals surface area (Å²) in [5.41, 5.74) is 5.90. The van der Waals surface area contributed by atoms with Gasteiger partial charge in [0.2, 0.25) is 10.0 Å². The minimum absolute atomic E-state index is 0. The topological polar surface area (TPSA) is 72.6 Å². The van der Waals surface area contributed by atoms with Crippen LogP contribution in [0.25, 0.3) is 0 Å². The van der Waals surface area contributed by atoms with E-state index in [1.165, 1.54) is 16.4 Å².